The second-order valence-electron chi connectivity index (χ2n) is 3.49. The Hall–Kier alpha value is -1.31. The number of aromatic nitrogens is 2. The van der Waals surface area contributed by atoms with E-state index in [9.17, 15) is 0 Å². The van der Waals surface area contributed by atoms with Gasteiger partial charge in [-0.05, 0) is 24.0 Å². The Morgan fingerprint density at radius 1 is 1.54 bits per heavy atom. The first-order valence-electron chi connectivity index (χ1n) is 4.73. The molecule has 0 saturated heterocycles. The maximum Gasteiger partial charge on any atom is 0.0636 e. The fraction of sp³-hybridized carbons (Fsp3) is 0.364. The molecule has 0 aliphatic heterocycles. The summed E-state index contributed by atoms with van der Waals surface area (Å²) in [4.78, 5) is 4.09. The molecule has 0 spiro atoms. The molecule has 0 saturated carbocycles. The zero-order valence-electron chi connectivity index (χ0n) is 8.07. The molecule has 0 bridgehead atoms. The Bertz CT molecular complexity index is 370. The number of fused-ring (bicyclic) bond motifs is 1. The molecular formula is C11H14N2. The molecule has 2 aromatic heterocycles. The molecule has 0 amide bonds. The van der Waals surface area contributed by atoms with E-state index < -0.39 is 0 Å². The van der Waals surface area contributed by atoms with Gasteiger partial charge >= 0.3 is 0 Å². The molecule has 0 aliphatic rings. The van der Waals surface area contributed by atoms with Crippen molar-refractivity contribution in [2.75, 3.05) is 0 Å². The predicted octanol–water partition coefficient (Wildman–Crippen LogP) is 2.85. The van der Waals surface area contributed by atoms with Gasteiger partial charge in [-0.2, -0.15) is 0 Å². The average Bonchev–Trinajstić information content (AvgIpc) is 2.59. The Kier molecular flexibility index (Phi) is 2.05. The average molecular weight is 174 g/mol. The summed E-state index contributed by atoms with van der Waals surface area (Å²) in [6.07, 6.45) is 9.07. The fourth-order valence-corrected chi connectivity index (χ4v) is 1.49. The predicted molar refractivity (Wildman–Crippen MR) is 53.9 cm³/mol. The van der Waals surface area contributed by atoms with Crippen LogP contribution in [0.3, 0.4) is 0 Å². The highest BCUT2D eigenvalue weighted by Gasteiger charge is 2.05. The van der Waals surface area contributed by atoms with Crippen molar-refractivity contribution in [3.8, 4) is 0 Å². The molecule has 0 aliphatic carbocycles. The van der Waals surface area contributed by atoms with Gasteiger partial charge in [0.25, 0.3) is 0 Å². The van der Waals surface area contributed by atoms with Crippen molar-refractivity contribution >= 4 is 5.52 Å². The first kappa shape index (κ1) is 8.30. The van der Waals surface area contributed by atoms with Crippen LogP contribution in [-0.4, -0.2) is 9.38 Å². The van der Waals surface area contributed by atoms with E-state index in [0.29, 0.717) is 5.92 Å². The summed E-state index contributed by atoms with van der Waals surface area (Å²) in [6, 6.07) is 2.21. The van der Waals surface area contributed by atoms with Crippen molar-refractivity contribution in [2.24, 2.45) is 0 Å². The second-order valence-corrected chi connectivity index (χ2v) is 3.49. The van der Waals surface area contributed by atoms with E-state index in [0.717, 1.165) is 0 Å². The molecule has 2 heterocycles. The standard InChI is InChI=1S/C11H14N2/c1-3-9(2)10-6-11-7-12-4-5-13(11)8-10/h4-9H,3H2,1-2H3. The van der Waals surface area contributed by atoms with E-state index in [1.165, 1.54) is 17.5 Å². The van der Waals surface area contributed by atoms with Crippen LogP contribution in [0.4, 0.5) is 0 Å². The topological polar surface area (TPSA) is 17.3 Å². The normalized spacial score (nSPS) is 13.4. The molecular weight excluding hydrogens is 160 g/mol. The number of hydrogen-bond donors (Lipinski definition) is 0. The third-order valence-corrected chi connectivity index (χ3v) is 2.60. The highest BCUT2D eigenvalue weighted by Crippen LogP contribution is 2.20. The maximum atomic E-state index is 4.09. The molecule has 1 unspecified atom stereocenters. The van der Waals surface area contributed by atoms with E-state index >= 15 is 0 Å². The molecule has 13 heavy (non-hydrogen) atoms. The van der Waals surface area contributed by atoms with E-state index in [1.54, 1.807) is 0 Å². The summed E-state index contributed by atoms with van der Waals surface area (Å²) < 4.78 is 2.12. The summed E-state index contributed by atoms with van der Waals surface area (Å²) in [6.45, 7) is 4.47. The molecule has 2 heteroatoms. The van der Waals surface area contributed by atoms with E-state index in [4.69, 9.17) is 0 Å². The molecule has 0 radical (unpaired) electrons. The monoisotopic (exact) mass is 174 g/mol. The van der Waals surface area contributed by atoms with Gasteiger partial charge < -0.3 is 4.40 Å². The van der Waals surface area contributed by atoms with Crippen LogP contribution in [0.2, 0.25) is 0 Å². The van der Waals surface area contributed by atoms with Crippen molar-refractivity contribution in [3.05, 3.63) is 36.4 Å². The van der Waals surface area contributed by atoms with Crippen molar-refractivity contribution in [1.29, 1.82) is 0 Å². The quantitative estimate of drug-likeness (QED) is 0.684. The zero-order valence-corrected chi connectivity index (χ0v) is 8.07. The first-order chi connectivity index (χ1) is 6.31. The Morgan fingerprint density at radius 3 is 3.08 bits per heavy atom. The molecule has 2 rings (SSSR count). The smallest absolute Gasteiger partial charge is 0.0636 e. The van der Waals surface area contributed by atoms with Crippen LogP contribution in [-0.2, 0) is 0 Å². The van der Waals surface area contributed by atoms with Gasteiger partial charge in [0, 0.05) is 18.6 Å². The van der Waals surface area contributed by atoms with Gasteiger partial charge in [0.1, 0.15) is 0 Å². The Labute approximate surface area is 78.2 Å². The zero-order chi connectivity index (χ0) is 9.26. The number of hydrogen-bond acceptors (Lipinski definition) is 1. The number of nitrogens with zero attached hydrogens (tertiary/aromatic N) is 2. The third-order valence-electron chi connectivity index (χ3n) is 2.60. The minimum atomic E-state index is 0.639. The van der Waals surface area contributed by atoms with Crippen LogP contribution in [0.5, 0.6) is 0 Å². The molecule has 1 atom stereocenters. The highest BCUT2D eigenvalue weighted by molar-refractivity contribution is 5.48. The molecule has 0 N–H and O–H groups in total. The van der Waals surface area contributed by atoms with Gasteiger partial charge in [0.15, 0.2) is 0 Å². The minimum absolute atomic E-state index is 0.639. The van der Waals surface area contributed by atoms with Crippen molar-refractivity contribution in [3.63, 3.8) is 0 Å². The van der Waals surface area contributed by atoms with Crippen LogP contribution in [0.25, 0.3) is 5.52 Å². The maximum absolute atomic E-state index is 4.09. The van der Waals surface area contributed by atoms with Gasteiger partial charge in [0.05, 0.1) is 11.7 Å². The Morgan fingerprint density at radius 2 is 2.38 bits per heavy atom. The van der Waals surface area contributed by atoms with E-state index in [1.807, 2.05) is 18.6 Å². The molecule has 0 fully saturated rings. The lowest BCUT2D eigenvalue weighted by Gasteiger charge is -2.02. The summed E-state index contributed by atoms with van der Waals surface area (Å²) in [5, 5.41) is 0. The van der Waals surface area contributed by atoms with Crippen LogP contribution >= 0.6 is 0 Å². The SMILES string of the molecule is CCC(C)c1cc2cnccn2c1. The largest absolute Gasteiger partial charge is 0.321 e. The van der Waals surface area contributed by atoms with Crippen molar-refractivity contribution in [1.82, 2.24) is 9.38 Å². The van der Waals surface area contributed by atoms with Crippen LogP contribution in [0.1, 0.15) is 31.7 Å². The van der Waals surface area contributed by atoms with Gasteiger partial charge in [0.2, 0.25) is 0 Å². The van der Waals surface area contributed by atoms with Gasteiger partial charge in [-0.15, -0.1) is 0 Å². The van der Waals surface area contributed by atoms with Crippen LogP contribution < -0.4 is 0 Å². The van der Waals surface area contributed by atoms with Gasteiger partial charge in [-0.3, -0.25) is 4.98 Å². The molecule has 0 aromatic carbocycles. The molecule has 2 aromatic rings. The summed E-state index contributed by atoms with van der Waals surface area (Å²) in [5.74, 6) is 0.639. The summed E-state index contributed by atoms with van der Waals surface area (Å²) in [7, 11) is 0. The minimum Gasteiger partial charge on any atom is -0.321 e. The van der Waals surface area contributed by atoms with Crippen LogP contribution in [0.15, 0.2) is 30.9 Å². The second kappa shape index (κ2) is 3.21. The van der Waals surface area contributed by atoms with Crippen molar-refractivity contribution < 1.29 is 0 Å². The highest BCUT2D eigenvalue weighted by atomic mass is 14.9. The van der Waals surface area contributed by atoms with Crippen LogP contribution in [0, 0.1) is 0 Å². The Balaban J connectivity index is 2.49. The third kappa shape index (κ3) is 1.44. The van der Waals surface area contributed by atoms with Gasteiger partial charge in [-0.1, -0.05) is 13.8 Å². The van der Waals surface area contributed by atoms with E-state index in [2.05, 4.69) is 35.5 Å². The summed E-state index contributed by atoms with van der Waals surface area (Å²) in [5.41, 5.74) is 2.58. The number of rotatable bonds is 2. The first-order valence-corrected chi connectivity index (χ1v) is 4.73. The summed E-state index contributed by atoms with van der Waals surface area (Å²) >= 11 is 0. The lowest BCUT2D eigenvalue weighted by molar-refractivity contribution is 0.733. The lowest BCUT2D eigenvalue weighted by Crippen LogP contribution is -1.87. The molecule has 68 valence electrons. The van der Waals surface area contributed by atoms with Crippen molar-refractivity contribution in [2.45, 2.75) is 26.2 Å². The molecule has 2 nitrogen and oxygen atoms in total. The lowest BCUT2D eigenvalue weighted by atomic mass is 10.0. The fourth-order valence-electron chi connectivity index (χ4n) is 1.49. The van der Waals surface area contributed by atoms with Gasteiger partial charge in [-0.25, -0.2) is 0 Å². The van der Waals surface area contributed by atoms with E-state index in [-0.39, 0.29) is 0 Å².